The predicted molar refractivity (Wildman–Crippen MR) is 102 cm³/mol. The Morgan fingerprint density at radius 1 is 1.13 bits per heavy atom. The second kappa shape index (κ2) is 9.21. The Hall–Kier alpha value is -3.69. The average molecular weight is 421 g/mol. The lowest BCUT2D eigenvalue weighted by molar-refractivity contribution is -0.274. The van der Waals surface area contributed by atoms with Crippen LogP contribution in [0.25, 0.3) is 11.5 Å². The molecule has 1 aromatic heterocycles. The van der Waals surface area contributed by atoms with Crippen LogP contribution < -0.4 is 20.1 Å². The van der Waals surface area contributed by atoms with Gasteiger partial charge in [-0.2, -0.15) is 0 Å². The van der Waals surface area contributed by atoms with Gasteiger partial charge in [-0.1, -0.05) is 6.07 Å². The Morgan fingerprint density at radius 3 is 2.60 bits per heavy atom. The van der Waals surface area contributed by atoms with Crippen molar-refractivity contribution in [3.63, 3.8) is 0 Å². The van der Waals surface area contributed by atoms with E-state index in [0.29, 0.717) is 18.0 Å². The molecule has 2 N–H and O–H groups in total. The van der Waals surface area contributed by atoms with Crippen molar-refractivity contribution in [2.24, 2.45) is 0 Å². The molecule has 0 saturated carbocycles. The Bertz CT molecular complexity index is 987. The second-order valence-corrected chi connectivity index (χ2v) is 6.08. The fourth-order valence-corrected chi connectivity index (χ4v) is 2.54. The van der Waals surface area contributed by atoms with E-state index in [0.717, 1.165) is 23.4 Å². The summed E-state index contributed by atoms with van der Waals surface area (Å²) < 4.78 is 51.2. The van der Waals surface area contributed by atoms with Gasteiger partial charge in [-0.15, -0.1) is 13.2 Å². The Kier molecular flexibility index (Phi) is 6.45. The summed E-state index contributed by atoms with van der Waals surface area (Å²) in [7, 11) is 1.58. The number of carbonyl (C=O) groups is 1. The lowest BCUT2D eigenvalue weighted by atomic mass is 10.2. The quantitative estimate of drug-likeness (QED) is 0.582. The van der Waals surface area contributed by atoms with E-state index < -0.39 is 18.1 Å². The Labute approximate surface area is 169 Å². The van der Waals surface area contributed by atoms with E-state index in [4.69, 9.17) is 9.15 Å². The SMILES string of the molecule is COc1ccc(-c2nc(CCNC(=O)Nc3cccc(OC(F)(F)F)c3)co2)cc1. The molecule has 0 atom stereocenters. The highest BCUT2D eigenvalue weighted by atomic mass is 19.4. The van der Waals surface area contributed by atoms with Crippen LogP contribution in [-0.2, 0) is 6.42 Å². The van der Waals surface area contributed by atoms with Crippen molar-refractivity contribution in [1.29, 1.82) is 0 Å². The molecule has 0 aliphatic carbocycles. The molecule has 158 valence electrons. The zero-order chi connectivity index (χ0) is 21.6. The third-order valence-electron chi connectivity index (χ3n) is 3.88. The minimum absolute atomic E-state index is 0.164. The molecule has 0 fully saturated rings. The summed E-state index contributed by atoms with van der Waals surface area (Å²) >= 11 is 0. The van der Waals surface area contributed by atoms with E-state index in [2.05, 4.69) is 20.4 Å². The number of ether oxygens (including phenoxy) is 2. The fourth-order valence-electron chi connectivity index (χ4n) is 2.54. The third kappa shape index (κ3) is 6.16. The third-order valence-corrected chi connectivity index (χ3v) is 3.88. The molecule has 3 rings (SSSR count). The number of rotatable bonds is 7. The van der Waals surface area contributed by atoms with Crippen LogP contribution >= 0.6 is 0 Å². The summed E-state index contributed by atoms with van der Waals surface area (Å²) in [6.45, 7) is 0.249. The molecule has 0 aliphatic heterocycles. The van der Waals surface area contributed by atoms with Crippen LogP contribution in [0.4, 0.5) is 23.7 Å². The maximum absolute atomic E-state index is 12.3. The largest absolute Gasteiger partial charge is 0.573 e. The molecule has 2 amide bonds. The first-order valence-electron chi connectivity index (χ1n) is 8.82. The number of halogens is 3. The number of hydrogen-bond acceptors (Lipinski definition) is 5. The second-order valence-electron chi connectivity index (χ2n) is 6.08. The van der Waals surface area contributed by atoms with Gasteiger partial charge in [0.2, 0.25) is 5.89 Å². The number of benzene rings is 2. The van der Waals surface area contributed by atoms with Crippen molar-refractivity contribution in [1.82, 2.24) is 10.3 Å². The zero-order valence-electron chi connectivity index (χ0n) is 15.8. The number of hydrogen-bond donors (Lipinski definition) is 2. The smallest absolute Gasteiger partial charge is 0.497 e. The lowest BCUT2D eigenvalue weighted by Gasteiger charge is -2.11. The van der Waals surface area contributed by atoms with E-state index in [1.807, 2.05) is 12.1 Å². The zero-order valence-corrected chi connectivity index (χ0v) is 15.8. The number of alkyl halides is 3. The van der Waals surface area contributed by atoms with Gasteiger partial charge in [0.05, 0.1) is 12.8 Å². The molecule has 0 radical (unpaired) electrons. The molecule has 1 heterocycles. The first-order chi connectivity index (χ1) is 14.3. The minimum atomic E-state index is -4.80. The molecule has 7 nitrogen and oxygen atoms in total. The molecule has 30 heavy (non-hydrogen) atoms. The average Bonchev–Trinajstić information content (AvgIpc) is 3.16. The van der Waals surface area contributed by atoms with Gasteiger partial charge in [0.15, 0.2) is 0 Å². The molecule has 2 aromatic carbocycles. The highest BCUT2D eigenvalue weighted by molar-refractivity contribution is 5.89. The van der Waals surface area contributed by atoms with Gasteiger partial charge in [0, 0.05) is 30.3 Å². The Morgan fingerprint density at radius 2 is 1.90 bits per heavy atom. The van der Waals surface area contributed by atoms with Crippen molar-refractivity contribution in [3.8, 4) is 23.0 Å². The molecule has 0 aliphatic rings. The first-order valence-corrected chi connectivity index (χ1v) is 8.82. The molecular weight excluding hydrogens is 403 g/mol. The summed E-state index contributed by atoms with van der Waals surface area (Å²) in [5.74, 6) is 0.740. The number of anilines is 1. The van der Waals surface area contributed by atoms with Crippen molar-refractivity contribution < 1.29 is 31.9 Å². The highest BCUT2D eigenvalue weighted by Crippen LogP contribution is 2.25. The maximum Gasteiger partial charge on any atom is 0.573 e. The predicted octanol–water partition coefficient (Wildman–Crippen LogP) is 4.61. The number of nitrogens with zero attached hydrogens (tertiary/aromatic N) is 1. The van der Waals surface area contributed by atoms with Crippen molar-refractivity contribution in [2.45, 2.75) is 12.8 Å². The minimum Gasteiger partial charge on any atom is -0.497 e. The number of methoxy groups -OCH3 is 1. The summed E-state index contributed by atoms with van der Waals surface area (Å²) in [5.41, 5.74) is 1.59. The molecule has 0 unspecified atom stereocenters. The molecule has 0 saturated heterocycles. The lowest BCUT2D eigenvalue weighted by Crippen LogP contribution is -2.30. The molecule has 0 spiro atoms. The van der Waals surface area contributed by atoms with Gasteiger partial charge in [0.1, 0.15) is 17.8 Å². The van der Waals surface area contributed by atoms with Gasteiger partial charge >= 0.3 is 12.4 Å². The number of urea groups is 1. The number of nitrogens with one attached hydrogen (secondary N) is 2. The van der Waals surface area contributed by atoms with E-state index in [1.165, 1.54) is 18.4 Å². The number of carbonyl (C=O) groups excluding carboxylic acids is 1. The van der Waals surface area contributed by atoms with Crippen LogP contribution in [-0.4, -0.2) is 31.0 Å². The van der Waals surface area contributed by atoms with Gasteiger partial charge in [-0.3, -0.25) is 0 Å². The molecular formula is C20H18F3N3O4. The topological polar surface area (TPSA) is 85.6 Å². The molecule has 0 bridgehead atoms. The highest BCUT2D eigenvalue weighted by Gasteiger charge is 2.31. The van der Waals surface area contributed by atoms with Crippen molar-refractivity contribution >= 4 is 11.7 Å². The molecule has 3 aromatic rings. The van der Waals surface area contributed by atoms with Crippen molar-refractivity contribution in [2.75, 3.05) is 19.0 Å². The van der Waals surface area contributed by atoms with Crippen molar-refractivity contribution in [3.05, 3.63) is 60.5 Å². The fraction of sp³-hybridized carbons (Fsp3) is 0.200. The van der Waals surface area contributed by atoms with Crippen LogP contribution in [0.3, 0.4) is 0 Å². The van der Waals surface area contributed by atoms with Crippen LogP contribution in [0.2, 0.25) is 0 Å². The van der Waals surface area contributed by atoms with Gasteiger partial charge in [-0.05, 0) is 36.4 Å². The summed E-state index contributed by atoms with van der Waals surface area (Å²) in [6, 6.07) is 11.6. The van der Waals surface area contributed by atoms with Gasteiger partial charge in [0.25, 0.3) is 0 Å². The monoisotopic (exact) mass is 421 g/mol. The summed E-state index contributed by atoms with van der Waals surface area (Å²) in [6.07, 6.45) is -2.90. The summed E-state index contributed by atoms with van der Waals surface area (Å²) in [4.78, 5) is 16.3. The standard InChI is InChI=1S/C20H18F3N3O4/c1-28-16-7-5-13(6-8-16)18-25-15(12-29-18)9-10-24-19(27)26-14-3-2-4-17(11-14)30-20(21,22)23/h2-8,11-12H,9-10H2,1H3,(H2,24,26,27). The number of amides is 2. The van der Waals surface area contributed by atoms with E-state index in [9.17, 15) is 18.0 Å². The van der Waals surface area contributed by atoms with Crippen LogP contribution in [0.1, 0.15) is 5.69 Å². The maximum atomic E-state index is 12.3. The Balaban J connectivity index is 1.48. The van der Waals surface area contributed by atoms with E-state index in [1.54, 1.807) is 19.2 Å². The van der Waals surface area contributed by atoms with Gasteiger partial charge < -0.3 is 24.5 Å². The van der Waals surface area contributed by atoms with Crippen LogP contribution in [0.15, 0.2) is 59.2 Å². The van der Waals surface area contributed by atoms with Crippen LogP contribution in [0.5, 0.6) is 11.5 Å². The molecule has 10 heteroatoms. The number of oxazole rings is 1. The first kappa shape index (κ1) is 21.0. The number of aromatic nitrogens is 1. The normalized spacial score (nSPS) is 11.1. The van der Waals surface area contributed by atoms with E-state index in [-0.39, 0.29) is 12.2 Å². The van der Waals surface area contributed by atoms with Crippen LogP contribution in [0, 0.1) is 0 Å². The van der Waals surface area contributed by atoms with Gasteiger partial charge in [-0.25, -0.2) is 9.78 Å². The van der Waals surface area contributed by atoms with E-state index >= 15 is 0 Å². The summed E-state index contributed by atoms with van der Waals surface area (Å²) in [5, 5.41) is 5.04.